The van der Waals surface area contributed by atoms with Crippen LogP contribution in [-0.2, 0) is 0 Å². The number of ether oxygens (including phenoxy) is 2. The second-order valence-corrected chi connectivity index (χ2v) is 3.83. The Morgan fingerprint density at radius 1 is 1.25 bits per heavy atom. The van der Waals surface area contributed by atoms with Crippen molar-refractivity contribution in [1.82, 2.24) is 0 Å². The normalized spacial score (nSPS) is 10.0. The van der Waals surface area contributed by atoms with E-state index < -0.39 is 0 Å². The van der Waals surface area contributed by atoms with Gasteiger partial charge in [0.2, 0.25) is 0 Å². The lowest BCUT2D eigenvalue weighted by Gasteiger charge is -2.10. The van der Waals surface area contributed by atoms with Crippen LogP contribution < -0.4 is 9.47 Å². The summed E-state index contributed by atoms with van der Waals surface area (Å²) < 4.78 is 10.1. The molecule has 16 heavy (non-hydrogen) atoms. The van der Waals surface area contributed by atoms with Gasteiger partial charge in [0.05, 0.1) is 24.8 Å². The summed E-state index contributed by atoms with van der Waals surface area (Å²) >= 11 is 11.5. The molecule has 3 nitrogen and oxygen atoms in total. The van der Waals surface area contributed by atoms with E-state index in [9.17, 15) is 4.79 Å². The number of Topliss-reactive ketones (excluding diaryl/α,β-unsaturated/α-hetero) is 1. The van der Waals surface area contributed by atoms with E-state index >= 15 is 0 Å². The van der Waals surface area contributed by atoms with Crippen LogP contribution in [0.4, 0.5) is 0 Å². The molecule has 0 heterocycles. The lowest BCUT2D eigenvalue weighted by molar-refractivity contribution is 0.0986. The molecule has 88 valence electrons. The van der Waals surface area contributed by atoms with Crippen LogP contribution in [0.15, 0.2) is 12.1 Å². The molecule has 0 N–H and O–H groups in total. The molecular formula is C11H12Cl2O3. The van der Waals surface area contributed by atoms with Crippen LogP contribution in [0.5, 0.6) is 11.5 Å². The van der Waals surface area contributed by atoms with E-state index in [2.05, 4.69) is 0 Å². The third-order valence-corrected chi connectivity index (χ3v) is 2.58. The van der Waals surface area contributed by atoms with Gasteiger partial charge in [-0.2, -0.15) is 0 Å². The lowest BCUT2D eigenvalue weighted by Crippen LogP contribution is -2.03. The Morgan fingerprint density at radius 3 is 2.38 bits per heavy atom. The second kappa shape index (κ2) is 5.97. The largest absolute Gasteiger partial charge is 0.496 e. The fourth-order valence-electron chi connectivity index (χ4n) is 1.30. The van der Waals surface area contributed by atoms with Crippen molar-refractivity contribution in [3.05, 3.63) is 22.7 Å². The van der Waals surface area contributed by atoms with Gasteiger partial charge in [0.15, 0.2) is 5.78 Å². The summed E-state index contributed by atoms with van der Waals surface area (Å²) in [6.07, 6.45) is 0.251. The maximum absolute atomic E-state index is 11.7. The van der Waals surface area contributed by atoms with Crippen LogP contribution in [0.2, 0.25) is 5.02 Å². The molecule has 0 unspecified atom stereocenters. The van der Waals surface area contributed by atoms with Crippen LogP contribution in [0, 0.1) is 0 Å². The molecule has 0 saturated carbocycles. The Balaban J connectivity index is 3.17. The summed E-state index contributed by atoms with van der Waals surface area (Å²) in [6, 6.07) is 3.12. The molecule has 1 aromatic rings. The number of hydrogen-bond acceptors (Lipinski definition) is 3. The number of benzene rings is 1. The summed E-state index contributed by atoms with van der Waals surface area (Å²) in [7, 11) is 2.99. The standard InChI is InChI=1S/C11H12Cl2O3/c1-15-10-6-11(16-2)8(13)5-7(10)9(14)3-4-12/h5-6H,3-4H2,1-2H3. The molecule has 0 bridgehead atoms. The van der Waals surface area contributed by atoms with Gasteiger partial charge in [-0.25, -0.2) is 0 Å². The zero-order chi connectivity index (χ0) is 12.1. The highest BCUT2D eigenvalue weighted by Crippen LogP contribution is 2.33. The molecule has 1 aromatic carbocycles. The van der Waals surface area contributed by atoms with E-state index in [4.69, 9.17) is 32.7 Å². The minimum atomic E-state index is -0.101. The van der Waals surface area contributed by atoms with Crippen molar-refractivity contribution >= 4 is 29.0 Å². The number of methoxy groups -OCH3 is 2. The van der Waals surface area contributed by atoms with E-state index in [1.807, 2.05) is 0 Å². The molecule has 0 atom stereocenters. The van der Waals surface area contributed by atoms with Crippen molar-refractivity contribution in [1.29, 1.82) is 0 Å². The molecule has 0 aliphatic rings. The first-order valence-corrected chi connectivity index (χ1v) is 5.56. The van der Waals surface area contributed by atoms with Crippen LogP contribution in [0.25, 0.3) is 0 Å². The van der Waals surface area contributed by atoms with Crippen LogP contribution in [-0.4, -0.2) is 25.9 Å². The van der Waals surface area contributed by atoms with Crippen LogP contribution >= 0.6 is 23.2 Å². The summed E-state index contributed by atoms with van der Waals surface area (Å²) in [5, 5.41) is 0.376. The van der Waals surface area contributed by atoms with Gasteiger partial charge in [-0.3, -0.25) is 4.79 Å². The van der Waals surface area contributed by atoms with Gasteiger partial charge in [0.1, 0.15) is 11.5 Å². The number of ketones is 1. The number of carbonyl (C=O) groups excluding carboxylic acids is 1. The first-order valence-electron chi connectivity index (χ1n) is 4.64. The molecule has 0 aromatic heterocycles. The molecule has 0 aliphatic heterocycles. The average molecular weight is 263 g/mol. The third kappa shape index (κ3) is 2.80. The van der Waals surface area contributed by atoms with Crippen molar-refractivity contribution in [3.63, 3.8) is 0 Å². The van der Waals surface area contributed by atoms with Gasteiger partial charge >= 0.3 is 0 Å². The highest BCUT2D eigenvalue weighted by Gasteiger charge is 2.15. The van der Waals surface area contributed by atoms with E-state index in [0.29, 0.717) is 22.1 Å². The van der Waals surface area contributed by atoms with Gasteiger partial charge in [-0.05, 0) is 6.07 Å². The van der Waals surface area contributed by atoms with E-state index in [0.717, 1.165) is 0 Å². The van der Waals surface area contributed by atoms with E-state index in [1.54, 1.807) is 6.07 Å². The summed E-state index contributed by atoms with van der Waals surface area (Å²) in [6.45, 7) is 0. The smallest absolute Gasteiger partial charge is 0.167 e. The first kappa shape index (κ1) is 13.1. The Morgan fingerprint density at radius 2 is 1.88 bits per heavy atom. The van der Waals surface area contributed by atoms with Crippen molar-refractivity contribution in [2.45, 2.75) is 6.42 Å². The summed E-state index contributed by atoms with van der Waals surface area (Å²) in [5.41, 5.74) is 0.425. The Hall–Kier alpha value is -0.930. The second-order valence-electron chi connectivity index (χ2n) is 3.05. The SMILES string of the molecule is COc1cc(OC)c(C(=O)CCCl)cc1Cl. The Kier molecular flexibility index (Phi) is 4.90. The quantitative estimate of drug-likeness (QED) is 0.604. The summed E-state index contributed by atoms with van der Waals surface area (Å²) in [5.74, 6) is 1.08. The predicted octanol–water partition coefficient (Wildman–Crippen LogP) is 3.17. The minimum Gasteiger partial charge on any atom is -0.496 e. The number of hydrogen-bond donors (Lipinski definition) is 0. The molecule has 0 amide bonds. The predicted molar refractivity (Wildman–Crippen MR) is 64.2 cm³/mol. The van der Waals surface area contributed by atoms with Crippen LogP contribution in [0.1, 0.15) is 16.8 Å². The number of carbonyl (C=O) groups is 1. The van der Waals surface area contributed by atoms with Crippen molar-refractivity contribution in [2.24, 2.45) is 0 Å². The van der Waals surface area contributed by atoms with Gasteiger partial charge in [0, 0.05) is 18.4 Å². The maximum Gasteiger partial charge on any atom is 0.167 e. The highest BCUT2D eigenvalue weighted by atomic mass is 35.5. The van der Waals surface area contributed by atoms with Gasteiger partial charge in [-0.1, -0.05) is 11.6 Å². The molecule has 0 fully saturated rings. The Labute approximate surface area is 104 Å². The molecule has 0 aliphatic carbocycles. The highest BCUT2D eigenvalue weighted by molar-refractivity contribution is 6.32. The van der Waals surface area contributed by atoms with E-state index in [1.165, 1.54) is 20.3 Å². The minimum absolute atomic E-state index is 0.101. The molecule has 1 rings (SSSR count). The van der Waals surface area contributed by atoms with Crippen molar-refractivity contribution in [3.8, 4) is 11.5 Å². The zero-order valence-corrected chi connectivity index (χ0v) is 10.6. The van der Waals surface area contributed by atoms with Gasteiger partial charge in [0.25, 0.3) is 0 Å². The number of alkyl halides is 1. The van der Waals surface area contributed by atoms with Gasteiger partial charge < -0.3 is 9.47 Å². The van der Waals surface area contributed by atoms with Crippen LogP contribution in [0.3, 0.4) is 0 Å². The van der Waals surface area contributed by atoms with E-state index in [-0.39, 0.29) is 18.1 Å². The monoisotopic (exact) mass is 262 g/mol. The average Bonchev–Trinajstić information content (AvgIpc) is 2.29. The molecular weight excluding hydrogens is 251 g/mol. The third-order valence-electron chi connectivity index (χ3n) is 2.10. The topological polar surface area (TPSA) is 35.5 Å². The number of rotatable bonds is 5. The van der Waals surface area contributed by atoms with Crippen molar-refractivity contribution < 1.29 is 14.3 Å². The number of halogens is 2. The zero-order valence-electron chi connectivity index (χ0n) is 9.05. The molecule has 0 radical (unpaired) electrons. The molecule has 5 heteroatoms. The summed E-state index contributed by atoms with van der Waals surface area (Å²) in [4.78, 5) is 11.7. The lowest BCUT2D eigenvalue weighted by atomic mass is 10.1. The van der Waals surface area contributed by atoms with Crippen molar-refractivity contribution in [2.75, 3.05) is 20.1 Å². The molecule has 0 spiro atoms. The fourth-order valence-corrected chi connectivity index (χ4v) is 1.71. The molecule has 0 saturated heterocycles. The Bertz CT molecular complexity index is 391. The first-order chi connectivity index (χ1) is 7.63. The van der Waals surface area contributed by atoms with Gasteiger partial charge in [-0.15, -0.1) is 11.6 Å². The maximum atomic E-state index is 11.7. The fraction of sp³-hybridized carbons (Fsp3) is 0.364.